The summed E-state index contributed by atoms with van der Waals surface area (Å²) in [5, 5.41) is 8.16. The summed E-state index contributed by atoms with van der Waals surface area (Å²) < 4.78 is 5.25. The fourth-order valence-electron chi connectivity index (χ4n) is 1.14. The van der Waals surface area contributed by atoms with Crippen LogP contribution in [0.5, 0.6) is 0 Å². The molecule has 0 saturated heterocycles. The third-order valence-corrected chi connectivity index (χ3v) is 2.76. The quantitative estimate of drug-likeness (QED) is 0.877. The first-order valence-electron chi connectivity index (χ1n) is 4.84. The maximum atomic E-state index is 5.71. The van der Waals surface area contributed by atoms with Gasteiger partial charge in [0.2, 0.25) is 5.89 Å². The molecule has 2 heterocycles. The Hall–Kier alpha value is -1.40. The van der Waals surface area contributed by atoms with E-state index in [1.54, 1.807) is 13.1 Å². The second-order valence-corrected chi connectivity index (χ2v) is 4.42. The lowest BCUT2D eigenvalue weighted by molar-refractivity contribution is 0.429. The van der Waals surface area contributed by atoms with Gasteiger partial charge in [-0.1, -0.05) is 0 Å². The van der Waals surface area contributed by atoms with Crippen LogP contribution in [0.2, 0.25) is 0 Å². The Balaban J connectivity index is 2.11. The molecule has 2 N–H and O–H groups in total. The first kappa shape index (κ1) is 11.1. The minimum absolute atomic E-state index is 0.0512. The molecule has 84 valence electrons. The first-order chi connectivity index (χ1) is 7.65. The molecule has 0 spiro atoms. The van der Waals surface area contributed by atoms with Gasteiger partial charge in [-0.15, -0.1) is 10.2 Å². The van der Waals surface area contributed by atoms with Crippen molar-refractivity contribution in [3.05, 3.63) is 29.9 Å². The number of hydrogen-bond donors (Lipinski definition) is 1. The standard InChI is InChI=1S/C10H12N4OS/c1-6(11)9-4-3-8(5-12-9)16-10-14-13-7(2)15-10/h3-6H,11H2,1-2H3/t6-/m0/s1. The molecule has 5 nitrogen and oxygen atoms in total. The average molecular weight is 236 g/mol. The van der Waals surface area contributed by atoms with E-state index in [4.69, 9.17) is 10.2 Å². The lowest BCUT2D eigenvalue weighted by atomic mass is 10.2. The van der Waals surface area contributed by atoms with E-state index >= 15 is 0 Å². The zero-order valence-electron chi connectivity index (χ0n) is 9.04. The number of nitrogens with two attached hydrogens (primary N) is 1. The topological polar surface area (TPSA) is 77.8 Å². The summed E-state index contributed by atoms with van der Waals surface area (Å²) in [6, 6.07) is 3.79. The summed E-state index contributed by atoms with van der Waals surface area (Å²) >= 11 is 1.39. The van der Waals surface area contributed by atoms with Crippen LogP contribution in [0.4, 0.5) is 0 Å². The molecule has 0 radical (unpaired) electrons. The molecule has 2 aromatic rings. The van der Waals surface area contributed by atoms with Gasteiger partial charge in [0.15, 0.2) is 0 Å². The fraction of sp³-hybridized carbons (Fsp3) is 0.300. The smallest absolute Gasteiger partial charge is 0.281 e. The minimum atomic E-state index is -0.0512. The summed E-state index contributed by atoms with van der Waals surface area (Å²) in [6.07, 6.45) is 1.75. The highest BCUT2D eigenvalue weighted by Gasteiger charge is 2.06. The molecule has 6 heteroatoms. The van der Waals surface area contributed by atoms with Gasteiger partial charge in [-0.2, -0.15) is 0 Å². The van der Waals surface area contributed by atoms with Gasteiger partial charge < -0.3 is 10.2 Å². The highest BCUT2D eigenvalue weighted by molar-refractivity contribution is 7.99. The maximum absolute atomic E-state index is 5.71. The summed E-state index contributed by atoms with van der Waals surface area (Å²) in [5.74, 6) is 0.558. The fourth-order valence-corrected chi connectivity index (χ4v) is 1.83. The van der Waals surface area contributed by atoms with Crippen molar-refractivity contribution in [1.29, 1.82) is 0 Å². The third kappa shape index (κ3) is 2.59. The van der Waals surface area contributed by atoms with E-state index in [0.29, 0.717) is 11.1 Å². The number of nitrogens with zero attached hydrogens (tertiary/aromatic N) is 3. The van der Waals surface area contributed by atoms with Crippen molar-refractivity contribution in [3.63, 3.8) is 0 Å². The van der Waals surface area contributed by atoms with Gasteiger partial charge in [0.1, 0.15) is 0 Å². The van der Waals surface area contributed by atoms with Gasteiger partial charge in [-0.05, 0) is 30.8 Å². The van der Waals surface area contributed by atoms with Crippen LogP contribution in [-0.4, -0.2) is 15.2 Å². The Bertz CT molecular complexity index is 466. The number of aryl methyl sites for hydroxylation is 1. The van der Waals surface area contributed by atoms with E-state index in [0.717, 1.165) is 10.6 Å². The van der Waals surface area contributed by atoms with E-state index in [2.05, 4.69) is 15.2 Å². The highest BCUT2D eigenvalue weighted by Crippen LogP contribution is 2.25. The first-order valence-corrected chi connectivity index (χ1v) is 5.66. The van der Waals surface area contributed by atoms with E-state index < -0.39 is 0 Å². The molecule has 0 saturated carbocycles. The molecule has 0 bridgehead atoms. The molecular weight excluding hydrogens is 224 g/mol. The van der Waals surface area contributed by atoms with Crippen LogP contribution in [0.1, 0.15) is 24.6 Å². The van der Waals surface area contributed by atoms with Crippen molar-refractivity contribution in [2.45, 2.75) is 30.0 Å². The van der Waals surface area contributed by atoms with E-state index in [1.165, 1.54) is 11.8 Å². The second-order valence-electron chi connectivity index (χ2n) is 3.40. The Kier molecular flexibility index (Phi) is 3.21. The molecule has 0 amide bonds. The summed E-state index contributed by atoms with van der Waals surface area (Å²) in [6.45, 7) is 3.66. The number of rotatable bonds is 3. The Labute approximate surface area is 97.5 Å². The molecule has 1 atom stereocenters. The van der Waals surface area contributed by atoms with Crippen LogP contribution in [0.15, 0.2) is 32.9 Å². The molecule has 0 aromatic carbocycles. The minimum Gasteiger partial charge on any atom is -0.416 e. The molecule has 0 aliphatic carbocycles. The predicted molar refractivity (Wildman–Crippen MR) is 60.0 cm³/mol. The molecule has 16 heavy (non-hydrogen) atoms. The Morgan fingerprint density at radius 1 is 1.38 bits per heavy atom. The van der Waals surface area contributed by atoms with Gasteiger partial charge in [0.05, 0.1) is 5.69 Å². The van der Waals surface area contributed by atoms with Crippen LogP contribution >= 0.6 is 11.8 Å². The predicted octanol–water partition coefficient (Wildman–Crippen LogP) is 1.94. The van der Waals surface area contributed by atoms with Crippen LogP contribution in [-0.2, 0) is 0 Å². The average Bonchev–Trinajstić information content (AvgIpc) is 2.65. The van der Waals surface area contributed by atoms with Gasteiger partial charge in [-0.25, -0.2) is 0 Å². The van der Waals surface area contributed by atoms with Gasteiger partial charge in [0.25, 0.3) is 5.22 Å². The summed E-state index contributed by atoms with van der Waals surface area (Å²) in [7, 11) is 0. The molecule has 0 unspecified atom stereocenters. The van der Waals surface area contributed by atoms with Gasteiger partial charge in [-0.3, -0.25) is 4.98 Å². The van der Waals surface area contributed by atoms with Crippen molar-refractivity contribution in [2.24, 2.45) is 5.73 Å². The number of hydrogen-bond acceptors (Lipinski definition) is 6. The van der Waals surface area contributed by atoms with E-state index in [1.807, 2.05) is 19.1 Å². The highest BCUT2D eigenvalue weighted by atomic mass is 32.2. The van der Waals surface area contributed by atoms with Crippen molar-refractivity contribution in [3.8, 4) is 0 Å². The Morgan fingerprint density at radius 2 is 2.19 bits per heavy atom. The Morgan fingerprint density at radius 3 is 2.69 bits per heavy atom. The van der Waals surface area contributed by atoms with Crippen LogP contribution < -0.4 is 5.73 Å². The van der Waals surface area contributed by atoms with Crippen molar-refractivity contribution in [1.82, 2.24) is 15.2 Å². The van der Waals surface area contributed by atoms with Crippen molar-refractivity contribution >= 4 is 11.8 Å². The van der Waals surface area contributed by atoms with Crippen molar-refractivity contribution in [2.75, 3.05) is 0 Å². The van der Waals surface area contributed by atoms with Crippen LogP contribution in [0.3, 0.4) is 0 Å². The zero-order valence-corrected chi connectivity index (χ0v) is 9.86. The molecule has 0 fully saturated rings. The number of aromatic nitrogens is 3. The summed E-state index contributed by atoms with van der Waals surface area (Å²) in [4.78, 5) is 5.20. The summed E-state index contributed by atoms with van der Waals surface area (Å²) in [5.41, 5.74) is 6.58. The van der Waals surface area contributed by atoms with Gasteiger partial charge in [0, 0.05) is 24.1 Å². The molecule has 2 rings (SSSR count). The normalized spacial score (nSPS) is 12.7. The number of pyridine rings is 1. The monoisotopic (exact) mass is 236 g/mol. The molecule has 0 aliphatic rings. The maximum Gasteiger partial charge on any atom is 0.281 e. The van der Waals surface area contributed by atoms with E-state index in [-0.39, 0.29) is 6.04 Å². The SMILES string of the molecule is Cc1nnc(Sc2ccc([C@H](C)N)nc2)o1. The largest absolute Gasteiger partial charge is 0.416 e. The molecule has 0 aliphatic heterocycles. The van der Waals surface area contributed by atoms with Crippen LogP contribution in [0, 0.1) is 6.92 Å². The van der Waals surface area contributed by atoms with E-state index in [9.17, 15) is 0 Å². The van der Waals surface area contributed by atoms with Crippen LogP contribution in [0.25, 0.3) is 0 Å². The van der Waals surface area contributed by atoms with Gasteiger partial charge >= 0.3 is 0 Å². The zero-order chi connectivity index (χ0) is 11.5. The third-order valence-electron chi connectivity index (χ3n) is 1.94. The lowest BCUT2D eigenvalue weighted by Gasteiger charge is -2.04. The second kappa shape index (κ2) is 4.63. The molecule has 2 aromatic heterocycles. The molecular formula is C10H12N4OS. The van der Waals surface area contributed by atoms with Crippen molar-refractivity contribution < 1.29 is 4.42 Å². The lowest BCUT2D eigenvalue weighted by Crippen LogP contribution is -2.06.